The molecule has 4 heteroatoms. The molecule has 1 aliphatic rings. The smallest absolute Gasteiger partial charge is 0.196 e. The van der Waals surface area contributed by atoms with Crippen LogP contribution in [0.3, 0.4) is 0 Å². The molecule has 0 spiro atoms. The van der Waals surface area contributed by atoms with Crippen molar-refractivity contribution in [3.8, 4) is 5.75 Å². The van der Waals surface area contributed by atoms with Gasteiger partial charge in [0.05, 0.1) is 17.7 Å². The number of rotatable bonds is 3. The van der Waals surface area contributed by atoms with E-state index in [-0.39, 0.29) is 11.2 Å². The number of hydrogen-bond acceptors (Lipinski definition) is 4. The van der Waals surface area contributed by atoms with Crippen molar-refractivity contribution in [1.82, 2.24) is 0 Å². The number of carbonyl (C=O) groups excluding carboxylic acids is 1. The lowest BCUT2D eigenvalue weighted by Crippen LogP contribution is -2.26. The van der Waals surface area contributed by atoms with Crippen molar-refractivity contribution in [3.05, 3.63) is 45.8 Å². The number of ether oxygens (including phenoxy) is 1. The maximum Gasteiger partial charge on any atom is 0.196 e. The lowest BCUT2D eigenvalue weighted by Gasteiger charge is -2.33. The van der Waals surface area contributed by atoms with E-state index >= 15 is 0 Å². The van der Waals surface area contributed by atoms with Crippen LogP contribution >= 0.6 is 11.3 Å². The number of nitrogens with two attached hydrogens (primary N) is 1. The molecule has 1 heterocycles. The third-order valence-electron chi connectivity index (χ3n) is 5.10. The zero-order valence-corrected chi connectivity index (χ0v) is 15.6. The summed E-state index contributed by atoms with van der Waals surface area (Å²) in [5.41, 5.74) is 9.11. The minimum atomic E-state index is 0.0295. The molecule has 3 nitrogen and oxygen atoms in total. The van der Waals surface area contributed by atoms with Crippen LogP contribution in [0.15, 0.2) is 24.3 Å². The maximum absolute atomic E-state index is 13.0. The van der Waals surface area contributed by atoms with Gasteiger partial charge in [-0.15, -0.1) is 11.3 Å². The average Bonchev–Trinajstić information content (AvgIpc) is 2.88. The summed E-state index contributed by atoms with van der Waals surface area (Å²) in [7, 11) is 1.62. The fourth-order valence-corrected chi connectivity index (χ4v) is 4.68. The molecule has 0 saturated heterocycles. The first-order valence-electron chi connectivity index (χ1n) is 8.40. The number of fused-ring (bicyclic) bond motifs is 1. The van der Waals surface area contributed by atoms with E-state index in [9.17, 15) is 4.79 Å². The summed E-state index contributed by atoms with van der Waals surface area (Å²) in [5.74, 6) is 1.42. The van der Waals surface area contributed by atoms with Gasteiger partial charge in [-0.25, -0.2) is 0 Å². The Hall–Kier alpha value is -1.81. The van der Waals surface area contributed by atoms with Gasteiger partial charge >= 0.3 is 0 Å². The van der Waals surface area contributed by atoms with Gasteiger partial charge in [0.2, 0.25) is 0 Å². The summed E-state index contributed by atoms with van der Waals surface area (Å²) in [5, 5.41) is 0.662. The van der Waals surface area contributed by atoms with Gasteiger partial charge in [-0.05, 0) is 60.4 Å². The second kappa shape index (κ2) is 6.25. The lowest BCUT2D eigenvalue weighted by atomic mass is 9.72. The molecule has 1 aromatic heterocycles. The predicted octanol–water partition coefficient (Wildman–Crippen LogP) is 4.72. The molecule has 0 saturated carbocycles. The van der Waals surface area contributed by atoms with Gasteiger partial charge in [-0.2, -0.15) is 0 Å². The van der Waals surface area contributed by atoms with Crippen molar-refractivity contribution >= 4 is 22.1 Å². The highest BCUT2D eigenvalue weighted by molar-refractivity contribution is 7.16. The van der Waals surface area contributed by atoms with E-state index in [4.69, 9.17) is 10.5 Å². The molecule has 1 aromatic carbocycles. The number of anilines is 1. The van der Waals surface area contributed by atoms with Gasteiger partial charge in [0, 0.05) is 10.4 Å². The van der Waals surface area contributed by atoms with Gasteiger partial charge < -0.3 is 10.5 Å². The minimum Gasteiger partial charge on any atom is -0.497 e. The third-order valence-corrected chi connectivity index (χ3v) is 6.18. The van der Waals surface area contributed by atoms with Crippen LogP contribution in [-0.2, 0) is 12.8 Å². The quantitative estimate of drug-likeness (QED) is 0.820. The Labute approximate surface area is 147 Å². The Balaban J connectivity index is 1.93. The molecule has 1 aliphatic carbocycles. The number of carbonyl (C=O) groups is 1. The highest BCUT2D eigenvalue weighted by Crippen LogP contribution is 2.43. The van der Waals surface area contributed by atoms with Crippen LogP contribution in [0.5, 0.6) is 5.75 Å². The fourth-order valence-electron chi connectivity index (χ4n) is 3.48. The molecule has 0 unspecified atom stereocenters. The van der Waals surface area contributed by atoms with Crippen molar-refractivity contribution in [1.29, 1.82) is 0 Å². The summed E-state index contributed by atoms with van der Waals surface area (Å²) in [6.45, 7) is 6.88. The van der Waals surface area contributed by atoms with Gasteiger partial charge in [-0.3, -0.25) is 4.79 Å². The highest BCUT2D eigenvalue weighted by Gasteiger charge is 2.33. The van der Waals surface area contributed by atoms with E-state index in [2.05, 4.69) is 20.8 Å². The molecule has 2 N–H and O–H groups in total. The van der Waals surface area contributed by atoms with Crippen LogP contribution in [-0.4, -0.2) is 12.9 Å². The standard InChI is InChI=1S/C20H25NO2S/c1-20(2,3)13-7-10-15-16(11-13)24-19(21)17(15)18(22)12-5-8-14(23-4)9-6-12/h5-6,8-9,13H,7,10-11,21H2,1-4H3/t13-/m1/s1. The molecular formula is C20H25NO2S. The molecule has 0 bridgehead atoms. The Bertz CT molecular complexity index is 753. The van der Waals surface area contributed by atoms with Crippen LogP contribution in [0.25, 0.3) is 0 Å². The van der Waals surface area contributed by atoms with Gasteiger partial charge in [-0.1, -0.05) is 20.8 Å². The van der Waals surface area contributed by atoms with Crippen molar-refractivity contribution in [3.63, 3.8) is 0 Å². The first-order chi connectivity index (χ1) is 11.3. The molecule has 0 aliphatic heterocycles. The summed E-state index contributed by atoms with van der Waals surface area (Å²) in [4.78, 5) is 14.3. The first-order valence-corrected chi connectivity index (χ1v) is 9.21. The van der Waals surface area contributed by atoms with Crippen molar-refractivity contribution in [2.45, 2.75) is 40.0 Å². The zero-order valence-electron chi connectivity index (χ0n) is 14.8. The van der Waals surface area contributed by atoms with E-state index in [0.717, 1.165) is 30.6 Å². The number of benzene rings is 1. The Kier molecular flexibility index (Phi) is 4.43. The van der Waals surface area contributed by atoms with E-state index in [0.29, 0.717) is 16.5 Å². The first kappa shape index (κ1) is 17.0. The average molecular weight is 343 g/mol. The van der Waals surface area contributed by atoms with Gasteiger partial charge in [0.1, 0.15) is 5.75 Å². The van der Waals surface area contributed by atoms with E-state index < -0.39 is 0 Å². The normalized spacial score (nSPS) is 17.4. The molecule has 2 aromatic rings. The number of methoxy groups -OCH3 is 1. The van der Waals surface area contributed by atoms with Crippen molar-refractivity contribution < 1.29 is 9.53 Å². The summed E-state index contributed by atoms with van der Waals surface area (Å²) >= 11 is 1.60. The number of nitrogen functional groups attached to an aromatic ring is 1. The number of hydrogen-bond donors (Lipinski definition) is 1. The van der Waals surface area contributed by atoms with E-state index in [1.54, 1.807) is 18.4 Å². The SMILES string of the molecule is COc1ccc(C(=O)c2c(N)sc3c2CC[C@@H](C(C)(C)C)C3)cc1. The molecule has 1 atom stereocenters. The Morgan fingerprint density at radius 3 is 2.50 bits per heavy atom. The van der Waals surface area contributed by atoms with Crippen LogP contribution in [0.4, 0.5) is 5.00 Å². The molecule has 0 radical (unpaired) electrons. The molecule has 0 amide bonds. The molecule has 0 fully saturated rings. The van der Waals surface area contributed by atoms with Crippen LogP contribution in [0, 0.1) is 11.3 Å². The number of thiophene rings is 1. The fraction of sp³-hybridized carbons (Fsp3) is 0.450. The Morgan fingerprint density at radius 2 is 1.92 bits per heavy atom. The lowest BCUT2D eigenvalue weighted by molar-refractivity contribution is 0.103. The van der Waals surface area contributed by atoms with Crippen molar-refractivity contribution in [2.75, 3.05) is 12.8 Å². The van der Waals surface area contributed by atoms with Gasteiger partial charge in [0.25, 0.3) is 0 Å². The Morgan fingerprint density at radius 1 is 1.25 bits per heavy atom. The van der Waals surface area contributed by atoms with Crippen LogP contribution < -0.4 is 10.5 Å². The second-order valence-electron chi connectivity index (χ2n) is 7.61. The summed E-state index contributed by atoms with van der Waals surface area (Å²) < 4.78 is 5.16. The van der Waals surface area contributed by atoms with E-state index in [1.165, 1.54) is 10.4 Å². The summed E-state index contributed by atoms with van der Waals surface area (Å²) in [6.07, 6.45) is 3.10. The molecular weight excluding hydrogens is 318 g/mol. The second-order valence-corrected chi connectivity index (χ2v) is 8.74. The molecule has 3 rings (SSSR count). The molecule has 24 heavy (non-hydrogen) atoms. The largest absolute Gasteiger partial charge is 0.497 e. The zero-order chi connectivity index (χ0) is 17.5. The van der Waals surface area contributed by atoms with E-state index in [1.807, 2.05) is 24.3 Å². The van der Waals surface area contributed by atoms with Crippen molar-refractivity contribution in [2.24, 2.45) is 11.3 Å². The monoisotopic (exact) mass is 343 g/mol. The number of ketones is 1. The minimum absolute atomic E-state index is 0.0295. The molecule has 128 valence electrons. The van der Waals surface area contributed by atoms with Gasteiger partial charge in [0.15, 0.2) is 5.78 Å². The topological polar surface area (TPSA) is 52.3 Å². The van der Waals surface area contributed by atoms with Crippen LogP contribution in [0.2, 0.25) is 0 Å². The summed E-state index contributed by atoms with van der Waals surface area (Å²) in [6, 6.07) is 7.26. The maximum atomic E-state index is 13.0. The highest BCUT2D eigenvalue weighted by atomic mass is 32.1. The predicted molar refractivity (Wildman–Crippen MR) is 100 cm³/mol. The van der Waals surface area contributed by atoms with Crippen LogP contribution in [0.1, 0.15) is 53.6 Å². The third kappa shape index (κ3) is 3.07.